The quantitative estimate of drug-likeness (QED) is 0.656. The van der Waals surface area contributed by atoms with Crippen LogP contribution in [-0.2, 0) is 0 Å². The number of carbonyl (C=O) groups is 1. The average Bonchev–Trinajstić information content (AvgIpc) is 2.90. The number of nitrogens with zero attached hydrogens (tertiary/aromatic N) is 2. The smallest absolute Gasteiger partial charge is 0.335 e. The van der Waals surface area contributed by atoms with Crippen LogP contribution in [-0.4, -0.2) is 21.0 Å². The van der Waals surface area contributed by atoms with Gasteiger partial charge in [0.25, 0.3) is 5.69 Å². The van der Waals surface area contributed by atoms with Gasteiger partial charge in [0.15, 0.2) is 17.8 Å². The second-order valence-corrected chi connectivity index (χ2v) is 4.37. The second kappa shape index (κ2) is 4.75. The van der Waals surface area contributed by atoms with Crippen molar-refractivity contribution in [2.45, 2.75) is 6.23 Å². The number of hydrogen-bond acceptors (Lipinski definition) is 6. The van der Waals surface area contributed by atoms with Crippen molar-refractivity contribution in [1.82, 2.24) is 4.98 Å². The van der Waals surface area contributed by atoms with Gasteiger partial charge in [0.2, 0.25) is 0 Å². The minimum atomic E-state index is -1.24. The summed E-state index contributed by atoms with van der Waals surface area (Å²) in [5, 5.41) is 22.9. The van der Waals surface area contributed by atoms with Crippen LogP contribution < -0.4 is 10.1 Å². The fourth-order valence-corrected chi connectivity index (χ4v) is 2.04. The van der Waals surface area contributed by atoms with Gasteiger partial charge in [-0.25, -0.2) is 9.78 Å². The Hall–Kier alpha value is -3.16. The third kappa shape index (κ3) is 2.34. The number of nitro groups is 1. The fourth-order valence-electron chi connectivity index (χ4n) is 2.04. The van der Waals surface area contributed by atoms with Crippen LogP contribution in [0.3, 0.4) is 0 Å². The minimum Gasteiger partial charge on any atom is -0.478 e. The van der Waals surface area contributed by atoms with Gasteiger partial charge >= 0.3 is 5.97 Å². The Morgan fingerprint density at radius 1 is 1.43 bits per heavy atom. The SMILES string of the molecule is O=C(O)c1cc(C2Nc3ncccc3O2)cc([N+](=O)[O-])c1. The van der Waals surface area contributed by atoms with Crippen molar-refractivity contribution >= 4 is 17.5 Å². The first-order chi connectivity index (χ1) is 10.0. The molecular weight excluding hydrogens is 278 g/mol. The van der Waals surface area contributed by atoms with Crippen LogP contribution >= 0.6 is 0 Å². The monoisotopic (exact) mass is 287 g/mol. The maximum Gasteiger partial charge on any atom is 0.335 e. The fraction of sp³-hybridized carbons (Fsp3) is 0.0769. The maximum absolute atomic E-state index is 11.1. The Morgan fingerprint density at radius 3 is 2.90 bits per heavy atom. The van der Waals surface area contributed by atoms with Gasteiger partial charge in [0.05, 0.1) is 10.5 Å². The van der Waals surface area contributed by atoms with Crippen LogP contribution in [0.5, 0.6) is 5.75 Å². The van der Waals surface area contributed by atoms with Crippen molar-refractivity contribution in [3.05, 3.63) is 57.8 Å². The number of nitrogens with one attached hydrogen (secondary N) is 1. The predicted octanol–water partition coefficient (Wildman–Crippen LogP) is 2.19. The lowest BCUT2D eigenvalue weighted by Gasteiger charge is -2.12. The van der Waals surface area contributed by atoms with Gasteiger partial charge in [0, 0.05) is 23.9 Å². The number of non-ortho nitro benzene ring substituents is 1. The molecule has 1 unspecified atom stereocenters. The standard InChI is InChI=1S/C13H9N3O5/c17-13(18)8-4-7(5-9(6-8)16(19)20)12-15-11-10(21-12)2-1-3-14-11/h1-6,12H,(H,14,15)(H,17,18). The van der Waals surface area contributed by atoms with Crippen molar-refractivity contribution in [3.63, 3.8) is 0 Å². The molecule has 0 radical (unpaired) electrons. The molecule has 21 heavy (non-hydrogen) atoms. The average molecular weight is 287 g/mol. The molecule has 2 heterocycles. The summed E-state index contributed by atoms with van der Waals surface area (Å²) in [6.07, 6.45) is 0.862. The summed E-state index contributed by atoms with van der Waals surface area (Å²) >= 11 is 0. The van der Waals surface area contributed by atoms with Crippen molar-refractivity contribution < 1.29 is 19.6 Å². The highest BCUT2D eigenvalue weighted by Gasteiger charge is 2.26. The van der Waals surface area contributed by atoms with E-state index in [0.29, 0.717) is 17.1 Å². The lowest BCUT2D eigenvalue weighted by Crippen LogP contribution is -2.12. The van der Waals surface area contributed by atoms with E-state index >= 15 is 0 Å². The van der Waals surface area contributed by atoms with E-state index in [4.69, 9.17) is 9.84 Å². The number of nitro benzene ring substituents is 1. The zero-order valence-electron chi connectivity index (χ0n) is 10.5. The normalized spacial score (nSPS) is 15.7. The van der Waals surface area contributed by atoms with Crippen LogP contribution in [0.2, 0.25) is 0 Å². The lowest BCUT2D eigenvalue weighted by molar-refractivity contribution is -0.385. The topological polar surface area (TPSA) is 115 Å². The number of hydrogen-bond donors (Lipinski definition) is 2. The van der Waals surface area contributed by atoms with Crippen molar-refractivity contribution in [1.29, 1.82) is 0 Å². The van der Waals surface area contributed by atoms with Crippen molar-refractivity contribution in [3.8, 4) is 5.75 Å². The Morgan fingerprint density at radius 2 is 2.24 bits per heavy atom. The van der Waals surface area contributed by atoms with E-state index in [0.717, 1.165) is 6.07 Å². The van der Waals surface area contributed by atoms with Gasteiger partial charge in [-0.15, -0.1) is 0 Å². The van der Waals surface area contributed by atoms with Crippen molar-refractivity contribution in [2.24, 2.45) is 0 Å². The second-order valence-electron chi connectivity index (χ2n) is 4.37. The molecule has 1 atom stereocenters. The first-order valence-electron chi connectivity index (χ1n) is 5.95. The molecule has 3 rings (SSSR count). The van der Waals surface area contributed by atoms with Crippen molar-refractivity contribution in [2.75, 3.05) is 5.32 Å². The third-order valence-electron chi connectivity index (χ3n) is 2.98. The molecule has 0 amide bonds. The number of aromatic carboxylic acids is 1. The van der Waals surface area contributed by atoms with Crippen LogP contribution in [0.1, 0.15) is 22.1 Å². The van der Waals surface area contributed by atoms with E-state index in [1.165, 1.54) is 12.1 Å². The number of benzene rings is 1. The highest BCUT2D eigenvalue weighted by molar-refractivity contribution is 5.88. The van der Waals surface area contributed by atoms with E-state index in [1.54, 1.807) is 18.3 Å². The molecule has 8 heteroatoms. The molecule has 106 valence electrons. The van der Waals surface area contributed by atoms with E-state index in [-0.39, 0.29) is 11.3 Å². The molecule has 1 aliphatic heterocycles. The summed E-state index contributed by atoms with van der Waals surface area (Å²) in [4.78, 5) is 25.4. The molecule has 0 fully saturated rings. The Labute approximate surface area is 118 Å². The maximum atomic E-state index is 11.1. The molecular formula is C13H9N3O5. The van der Waals surface area contributed by atoms with Gasteiger partial charge in [-0.2, -0.15) is 0 Å². The number of carboxylic acid groups (broad SMARTS) is 1. The summed E-state index contributed by atoms with van der Waals surface area (Å²) in [6.45, 7) is 0. The number of aromatic nitrogens is 1. The molecule has 0 bridgehead atoms. The van der Waals surface area contributed by atoms with Gasteiger partial charge in [-0.1, -0.05) is 0 Å². The number of ether oxygens (including phenoxy) is 1. The third-order valence-corrected chi connectivity index (χ3v) is 2.98. The summed E-state index contributed by atoms with van der Waals surface area (Å²) in [5.41, 5.74) is -0.132. The number of pyridine rings is 1. The number of carboxylic acids is 1. The Bertz CT molecular complexity index is 689. The van der Waals surface area contributed by atoms with Gasteiger partial charge in [-0.3, -0.25) is 10.1 Å². The number of anilines is 1. The zero-order chi connectivity index (χ0) is 15.0. The molecule has 0 saturated carbocycles. The van der Waals surface area contributed by atoms with Crippen LogP contribution in [0.15, 0.2) is 36.5 Å². The predicted molar refractivity (Wildman–Crippen MR) is 71.3 cm³/mol. The molecule has 1 aromatic heterocycles. The largest absolute Gasteiger partial charge is 0.478 e. The van der Waals surface area contributed by atoms with Crippen LogP contribution in [0.25, 0.3) is 0 Å². The first-order valence-corrected chi connectivity index (χ1v) is 5.95. The highest BCUT2D eigenvalue weighted by atomic mass is 16.6. The number of fused-ring (bicyclic) bond motifs is 1. The van der Waals surface area contributed by atoms with Crippen LogP contribution in [0, 0.1) is 10.1 Å². The van der Waals surface area contributed by atoms with E-state index in [2.05, 4.69) is 10.3 Å². The number of rotatable bonds is 3. The lowest BCUT2D eigenvalue weighted by atomic mass is 10.1. The molecule has 1 aliphatic rings. The summed E-state index contributed by atoms with van der Waals surface area (Å²) in [5.74, 6) is -0.231. The minimum absolute atomic E-state index is 0.173. The van der Waals surface area contributed by atoms with E-state index < -0.39 is 17.1 Å². The zero-order valence-corrected chi connectivity index (χ0v) is 10.5. The first kappa shape index (κ1) is 12.9. The molecule has 2 aromatic rings. The Kier molecular flexibility index (Phi) is 2.90. The van der Waals surface area contributed by atoms with Crippen LogP contribution in [0.4, 0.5) is 11.5 Å². The Balaban J connectivity index is 2.00. The molecule has 0 aliphatic carbocycles. The van der Waals surface area contributed by atoms with E-state index in [1.807, 2.05) is 0 Å². The van der Waals surface area contributed by atoms with E-state index in [9.17, 15) is 14.9 Å². The molecule has 0 saturated heterocycles. The van der Waals surface area contributed by atoms with Gasteiger partial charge < -0.3 is 15.2 Å². The summed E-state index contributed by atoms with van der Waals surface area (Å²) < 4.78 is 5.57. The molecule has 2 N–H and O–H groups in total. The molecule has 1 aromatic carbocycles. The summed E-state index contributed by atoms with van der Waals surface area (Å²) in [6, 6.07) is 7.00. The molecule has 0 spiro atoms. The molecule has 8 nitrogen and oxygen atoms in total. The summed E-state index contributed by atoms with van der Waals surface area (Å²) in [7, 11) is 0. The van der Waals surface area contributed by atoms with Gasteiger partial charge in [-0.05, 0) is 18.2 Å². The van der Waals surface area contributed by atoms with Gasteiger partial charge in [0.1, 0.15) is 0 Å². The highest BCUT2D eigenvalue weighted by Crippen LogP contribution is 2.36.